The van der Waals surface area contributed by atoms with Crippen LogP contribution in [0.25, 0.3) is 16.6 Å². The van der Waals surface area contributed by atoms with Crippen LogP contribution in [0.4, 0.5) is 0 Å². The highest BCUT2D eigenvalue weighted by atomic mass is 16.4. The second-order valence-electron chi connectivity index (χ2n) is 5.64. The molecule has 0 aliphatic heterocycles. The summed E-state index contributed by atoms with van der Waals surface area (Å²) in [4.78, 5) is 15.9. The average molecular weight is 281 g/mol. The van der Waals surface area contributed by atoms with Gasteiger partial charge in [0.2, 0.25) is 0 Å². The van der Waals surface area contributed by atoms with Gasteiger partial charge in [0.15, 0.2) is 0 Å². The summed E-state index contributed by atoms with van der Waals surface area (Å²) in [5, 5.41) is 10.2. The number of benzene rings is 1. The molecule has 0 saturated heterocycles. The maximum atomic E-state index is 11.5. The van der Waals surface area contributed by atoms with Crippen molar-refractivity contribution < 1.29 is 9.90 Å². The van der Waals surface area contributed by atoms with Crippen molar-refractivity contribution in [2.45, 2.75) is 18.8 Å². The molecular formula is C16H15N3O2. The number of nitrogens with zero attached hydrogens (tertiary/aromatic N) is 3. The molecule has 2 heterocycles. The largest absolute Gasteiger partial charge is 0.478 e. The van der Waals surface area contributed by atoms with E-state index in [9.17, 15) is 9.90 Å². The minimum Gasteiger partial charge on any atom is -0.478 e. The molecule has 0 unspecified atom stereocenters. The summed E-state index contributed by atoms with van der Waals surface area (Å²) in [5.41, 5.74) is 3.16. The Morgan fingerprint density at radius 3 is 2.90 bits per heavy atom. The third-order valence-corrected chi connectivity index (χ3v) is 4.11. The van der Waals surface area contributed by atoms with Crippen LogP contribution < -0.4 is 0 Å². The van der Waals surface area contributed by atoms with Crippen LogP contribution in [0.15, 0.2) is 36.9 Å². The fraction of sp³-hybridized carbons (Fsp3) is 0.250. The lowest BCUT2D eigenvalue weighted by atomic mass is 10.1. The van der Waals surface area contributed by atoms with Gasteiger partial charge in [0, 0.05) is 36.4 Å². The summed E-state index contributed by atoms with van der Waals surface area (Å²) >= 11 is 0. The lowest BCUT2D eigenvalue weighted by molar-refractivity contribution is 0.0699. The van der Waals surface area contributed by atoms with E-state index in [1.807, 2.05) is 40.7 Å². The van der Waals surface area contributed by atoms with Gasteiger partial charge in [-0.2, -0.15) is 0 Å². The number of rotatable bonds is 3. The Kier molecular flexibility index (Phi) is 2.45. The minimum atomic E-state index is -0.907. The maximum absolute atomic E-state index is 11.5. The Morgan fingerprint density at radius 1 is 1.38 bits per heavy atom. The van der Waals surface area contributed by atoms with Crippen molar-refractivity contribution in [3.05, 3.63) is 48.2 Å². The molecule has 2 aromatic heterocycles. The molecule has 1 aliphatic carbocycles. The zero-order valence-electron chi connectivity index (χ0n) is 11.7. The molecule has 0 atom stereocenters. The van der Waals surface area contributed by atoms with E-state index in [0.717, 1.165) is 22.3 Å². The number of hydrogen-bond acceptors (Lipinski definition) is 2. The first-order chi connectivity index (χ1) is 10.1. The van der Waals surface area contributed by atoms with Gasteiger partial charge in [-0.15, -0.1) is 0 Å². The van der Waals surface area contributed by atoms with Gasteiger partial charge in [0.25, 0.3) is 0 Å². The summed E-state index contributed by atoms with van der Waals surface area (Å²) in [6, 6.07) is 5.55. The first-order valence-electron chi connectivity index (χ1n) is 7.00. The maximum Gasteiger partial charge on any atom is 0.336 e. The van der Waals surface area contributed by atoms with Crippen LogP contribution in [0.5, 0.6) is 0 Å². The standard InChI is InChI=1S/C16H15N3O2/c1-18-5-4-12-13(16(20)21)6-11(7-15(12)18)19-8-14(17-9-19)10-2-3-10/h4-10H,2-3H2,1H3,(H,20,21). The summed E-state index contributed by atoms with van der Waals surface area (Å²) in [7, 11) is 1.92. The van der Waals surface area contributed by atoms with Gasteiger partial charge in [-0.05, 0) is 31.0 Å². The van der Waals surface area contributed by atoms with Gasteiger partial charge in [-0.25, -0.2) is 9.78 Å². The van der Waals surface area contributed by atoms with Gasteiger partial charge in [0.05, 0.1) is 23.1 Å². The molecule has 1 fully saturated rings. The van der Waals surface area contributed by atoms with Gasteiger partial charge in [-0.1, -0.05) is 0 Å². The van der Waals surface area contributed by atoms with Crippen molar-refractivity contribution in [1.82, 2.24) is 14.1 Å². The number of aromatic nitrogens is 3. The van der Waals surface area contributed by atoms with Crippen LogP contribution in [0.2, 0.25) is 0 Å². The Balaban J connectivity index is 1.90. The Hall–Kier alpha value is -2.56. The summed E-state index contributed by atoms with van der Waals surface area (Å²) < 4.78 is 3.84. The molecule has 1 aliphatic rings. The topological polar surface area (TPSA) is 60.1 Å². The van der Waals surface area contributed by atoms with E-state index in [-0.39, 0.29) is 0 Å². The van der Waals surface area contributed by atoms with E-state index in [4.69, 9.17) is 0 Å². The van der Waals surface area contributed by atoms with E-state index in [2.05, 4.69) is 4.98 Å². The number of imidazole rings is 1. The van der Waals surface area contributed by atoms with Crippen LogP contribution in [-0.2, 0) is 7.05 Å². The van der Waals surface area contributed by atoms with E-state index in [1.54, 1.807) is 12.4 Å². The molecule has 4 rings (SSSR count). The third-order valence-electron chi connectivity index (χ3n) is 4.11. The molecule has 0 bridgehead atoms. The van der Waals surface area contributed by atoms with Crippen molar-refractivity contribution in [1.29, 1.82) is 0 Å². The number of fused-ring (bicyclic) bond motifs is 1. The SMILES string of the molecule is Cn1ccc2c(C(=O)O)cc(-n3cnc(C4CC4)c3)cc21. The average Bonchev–Trinajstić information content (AvgIpc) is 3.09. The summed E-state index contributed by atoms with van der Waals surface area (Å²) in [5.74, 6) is -0.320. The molecule has 1 saturated carbocycles. The molecule has 106 valence electrons. The molecule has 0 spiro atoms. The van der Waals surface area contributed by atoms with E-state index >= 15 is 0 Å². The zero-order chi connectivity index (χ0) is 14.6. The second-order valence-corrected chi connectivity index (χ2v) is 5.64. The third kappa shape index (κ3) is 1.93. The lowest BCUT2D eigenvalue weighted by Crippen LogP contribution is -2.01. The predicted octanol–water partition coefficient (Wildman–Crippen LogP) is 2.94. The fourth-order valence-corrected chi connectivity index (χ4v) is 2.75. The monoisotopic (exact) mass is 281 g/mol. The fourth-order valence-electron chi connectivity index (χ4n) is 2.75. The number of aryl methyl sites for hydroxylation is 1. The van der Waals surface area contributed by atoms with Crippen LogP contribution in [0.1, 0.15) is 34.8 Å². The molecule has 1 aromatic carbocycles. The van der Waals surface area contributed by atoms with Crippen molar-refractivity contribution in [2.75, 3.05) is 0 Å². The molecule has 5 nitrogen and oxygen atoms in total. The molecule has 3 aromatic rings. The summed E-state index contributed by atoms with van der Waals surface area (Å²) in [6.45, 7) is 0. The smallest absolute Gasteiger partial charge is 0.336 e. The lowest BCUT2D eigenvalue weighted by Gasteiger charge is -2.07. The minimum absolute atomic E-state index is 0.324. The number of hydrogen-bond donors (Lipinski definition) is 1. The highest BCUT2D eigenvalue weighted by Gasteiger charge is 2.26. The van der Waals surface area contributed by atoms with Gasteiger partial charge < -0.3 is 14.2 Å². The highest BCUT2D eigenvalue weighted by Crippen LogP contribution is 2.39. The number of carboxylic acid groups (broad SMARTS) is 1. The van der Waals surface area contributed by atoms with E-state index in [0.29, 0.717) is 11.5 Å². The molecule has 5 heteroatoms. The molecule has 0 radical (unpaired) electrons. The van der Waals surface area contributed by atoms with E-state index < -0.39 is 5.97 Å². The first kappa shape index (κ1) is 12.2. The van der Waals surface area contributed by atoms with Crippen molar-refractivity contribution in [3.63, 3.8) is 0 Å². The van der Waals surface area contributed by atoms with E-state index in [1.165, 1.54) is 12.8 Å². The quantitative estimate of drug-likeness (QED) is 0.803. The predicted molar refractivity (Wildman–Crippen MR) is 79.0 cm³/mol. The number of carboxylic acids is 1. The Bertz CT molecular complexity index is 856. The Labute approximate surface area is 121 Å². The van der Waals surface area contributed by atoms with Crippen LogP contribution in [-0.4, -0.2) is 25.2 Å². The van der Waals surface area contributed by atoms with Crippen molar-refractivity contribution in [2.24, 2.45) is 7.05 Å². The van der Waals surface area contributed by atoms with Crippen LogP contribution in [0, 0.1) is 0 Å². The highest BCUT2D eigenvalue weighted by molar-refractivity contribution is 6.04. The first-order valence-corrected chi connectivity index (χ1v) is 7.00. The molecule has 0 amide bonds. The Morgan fingerprint density at radius 2 is 2.19 bits per heavy atom. The van der Waals surface area contributed by atoms with Crippen LogP contribution in [0.3, 0.4) is 0 Å². The normalized spacial score (nSPS) is 14.7. The molecular weight excluding hydrogens is 266 g/mol. The van der Waals surface area contributed by atoms with Crippen LogP contribution >= 0.6 is 0 Å². The summed E-state index contributed by atoms with van der Waals surface area (Å²) in [6.07, 6.45) is 8.06. The van der Waals surface area contributed by atoms with Crippen molar-refractivity contribution in [3.8, 4) is 5.69 Å². The number of carbonyl (C=O) groups is 1. The van der Waals surface area contributed by atoms with Gasteiger partial charge >= 0.3 is 5.97 Å². The zero-order valence-corrected chi connectivity index (χ0v) is 11.7. The van der Waals surface area contributed by atoms with Gasteiger partial charge in [0.1, 0.15) is 0 Å². The van der Waals surface area contributed by atoms with Gasteiger partial charge in [-0.3, -0.25) is 0 Å². The van der Waals surface area contributed by atoms with Crippen molar-refractivity contribution >= 4 is 16.9 Å². The molecule has 1 N–H and O–H groups in total. The molecule has 21 heavy (non-hydrogen) atoms. The number of aromatic carboxylic acids is 1. The second kappa shape index (κ2) is 4.22.